The van der Waals surface area contributed by atoms with E-state index in [1.54, 1.807) is 17.0 Å². The number of sulfonamides is 1. The second-order valence-corrected chi connectivity index (χ2v) is 10.9. The molecule has 1 aromatic rings. The van der Waals surface area contributed by atoms with E-state index < -0.39 is 27.6 Å². The third-order valence-electron chi connectivity index (χ3n) is 6.69. The fourth-order valence-electron chi connectivity index (χ4n) is 4.59. The van der Waals surface area contributed by atoms with Crippen LogP contribution in [0.1, 0.15) is 57.4 Å². The summed E-state index contributed by atoms with van der Waals surface area (Å²) in [4.78, 5) is 39.1. The molecule has 1 saturated carbocycles. The first kappa shape index (κ1) is 25.2. The largest absolute Gasteiger partial charge is 0.480 e. The van der Waals surface area contributed by atoms with E-state index in [9.17, 15) is 27.9 Å². The highest BCUT2D eigenvalue weighted by molar-refractivity contribution is 7.89. The first-order valence-corrected chi connectivity index (χ1v) is 13.0. The molecule has 0 spiro atoms. The van der Waals surface area contributed by atoms with E-state index >= 15 is 0 Å². The van der Waals surface area contributed by atoms with Crippen molar-refractivity contribution in [3.05, 3.63) is 29.8 Å². The Bertz CT molecular complexity index is 978. The van der Waals surface area contributed by atoms with Crippen molar-refractivity contribution in [1.82, 2.24) is 14.9 Å². The summed E-state index contributed by atoms with van der Waals surface area (Å²) in [5, 5.41) is 12.5. The number of benzene rings is 1. The number of carbonyl (C=O) groups is 3. The van der Waals surface area contributed by atoms with Gasteiger partial charge in [0.25, 0.3) is 0 Å². The molecule has 0 bridgehead atoms. The van der Waals surface area contributed by atoms with Gasteiger partial charge in [0.2, 0.25) is 21.8 Å². The van der Waals surface area contributed by atoms with Crippen LogP contribution >= 0.6 is 0 Å². The van der Waals surface area contributed by atoms with E-state index in [4.69, 9.17) is 0 Å². The quantitative estimate of drug-likeness (QED) is 0.546. The molecule has 1 saturated heterocycles. The molecule has 2 aliphatic rings. The average Bonchev–Trinajstić information content (AvgIpc) is 2.79. The van der Waals surface area contributed by atoms with Crippen molar-refractivity contribution in [3.8, 4) is 0 Å². The zero-order valence-electron chi connectivity index (χ0n) is 19.2. The molecule has 1 aliphatic heterocycles. The highest BCUT2D eigenvalue weighted by atomic mass is 32.2. The smallest absolute Gasteiger partial charge is 0.329 e. The van der Waals surface area contributed by atoms with Gasteiger partial charge in [-0.25, -0.2) is 13.2 Å². The van der Waals surface area contributed by atoms with E-state index in [2.05, 4.69) is 10.0 Å². The van der Waals surface area contributed by atoms with Crippen molar-refractivity contribution >= 4 is 27.8 Å². The molecule has 1 heterocycles. The zero-order valence-corrected chi connectivity index (χ0v) is 20.0. The van der Waals surface area contributed by atoms with E-state index in [1.165, 1.54) is 19.1 Å². The minimum Gasteiger partial charge on any atom is -0.480 e. The van der Waals surface area contributed by atoms with E-state index in [0.29, 0.717) is 38.8 Å². The summed E-state index contributed by atoms with van der Waals surface area (Å²) in [5.74, 6) is -1.98. The second-order valence-electron chi connectivity index (χ2n) is 9.19. The lowest BCUT2D eigenvalue weighted by Crippen LogP contribution is -2.58. The first-order valence-electron chi connectivity index (χ1n) is 11.5. The SMILES string of the molecule is Cc1ccc(S(=O)(=O)N[C@@H](C)C(=O)N2CCC(C(=O)NC3(C(=O)O)CCCCC3)CC2)cc1. The molecule has 0 radical (unpaired) electrons. The van der Waals surface area contributed by atoms with E-state index in [0.717, 1.165) is 24.8 Å². The maximum absolute atomic E-state index is 12.8. The molecule has 3 rings (SSSR count). The number of nitrogens with one attached hydrogen (secondary N) is 2. The maximum atomic E-state index is 12.8. The van der Waals surface area contributed by atoms with Gasteiger partial charge in [0, 0.05) is 19.0 Å². The fourth-order valence-corrected chi connectivity index (χ4v) is 5.79. The van der Waals surface area contributed by atoms with Gasteiger partial charge < -0.3 is 15.3 Å². The number of piperidine rings is 1. The third kappa shape index (κ3) is 5.92. The van der Waals surface area contributed by atoms with Crippen molar-refractivity contribution < 1.29 is 27.9 Å². The molecule has 0 unspecified atom stereocenters. The fraction of sp³-hybridized carbons (Fsp3) is 0.609. The van der Waals surface area contributed by atoms with Crippen LogP contribution in [0.3, 0.4) is 0 Å². The minimum absolute atomic E-state index is 0.0956. The number of aryl methyl sites for hydroxylation is 1. The number of carboxylic acid groups (broad SMARTS) is 1. The monoisotopic (exact) mass is 479 g/mol. The van der Waals surface area contributed by atoms with Crippen LogP contribution < -0.4 is 10.0 Å². The van der Waals surface area contributed by atoms with Gasteiger partial charge >= 0.3 is 5.97 Å². The van der Waals surface area contributed by atoms with Gasteiger partial charge in [0.15, 0.2) is 0 Å². The number of amides is 2. The Morgan fingerprint density at radius 3 is 2.18 bits per heavy atom. The topological polar surface area (TPSA) is 133 Å². The van der Waals surface area contributed by atoms with Crippen molar-refractivity contribution in [3.63, 3.8) is 0 Å². The van der Waals surface area contributed by atoms with Crippen LogP contribution in [0, 0.1) is 12.8 Å². The Morgan fingerprint density at radius 2 is 1.64 bits per heavy atom. The lowest BCUT2D eigenvalue weighted by molar-refractivity contribution is -0.150. The summed E-state index contributed by atoms with van der Waals surface area (Å²) in [6.45, 7) is 3.99. The number of likely N-dealkylation sites (tertiary alicyclic amines) is 1. The van der Waals surface area contributed by atoms with Crippen LogP contribution in [-0.2, 0) is 24.4 Å². The molecule has 1 aromatic carbocycles. The Kier molecular flexibility index (Phi) is 7.79. The van der Waals surface area contributed by atoms with Crippen molar-refractivity contribution in [2.45, 2.75) is 75.3 Å². The number of hydrogen-bond donors (Lipinski definition) is 3. The second kappa shape index (κ2) is 10.2. The summed E-state index contributed by atoms with van der Waals surface area (Å²) < 4.78 is 27.6. The molecule has 33 heavy (non-hydrogen) atoms. The molecule has 1 atom stereocenters. The lowest BCUT2D eigenvalue weighted by atomic mass is 9.81. The summed E-state index contributed by atoms with van der Waals surface area (Å²) in [7, 11) is -3.83. The van der Waals surface area contributed by atoms with Gasteiger partial charge in [0.1, 0.15) is 5.54 Å². The molecule has 2 amide bonds. The van der Waals surface area contributed by atoms with Gasteiger partial charge in [-0.3, -0.25) is 9.59 Å². The Morgan fingerprint density at radius 1 is 1.06 bits per heavy atom. The molecule has 0 aromatic heterocycles. The van der Waals surface area contributed by atoms with Crippen molar-refractivity contribution in [2.24, 2.45) is 5.92 Å². The summed E-state index contributed by atoms with van der Waals surface area (Å²) in [5.41, 5.74) is -0.256. The normalized spacial score (nSPS) is 20.1. The molecule has 1 aliphatic carbocycles. The minimum atomic E-state index is -3.83. The highest BCUT2D eigenvalue weighted by Gasteiger charge is 2.42. The lowest BCUT2D eigenvalue weighted by Gasteiger charge is -2.37. The van der Waals surface area contributed by atoms with E-state index in [-0.39, 0.29) is 22.6 Å². The summed E-state index contributed by atoms with van der Waals surface area (Å²) >= 11 is 0. The zero-order chi connectivity index (χ0) is 24.2. The summed E-state index contributed by atoms with van der Waals surface area (Å²) in [6, 6.07) is 5.43. The van der Waals surface area contributed by atoms with Crippen molar-refractivity contribution in [1.29, 1.82) is 0 Å². The number of rotatable bonds is 7. The van der Waals surface area contributed by atoms with Crippen LogP contribution in [0.5, 0.6) is 0 Å². The van der Waals surface area contributed by atoms with E-state index in [1.807, 2.05) is 6.92 Å². The van der Waals surface area contributed by atoms with Gasteiger partial charge in [-0.15, -0.1) is 0 Å². The van der Waals surface area contributed by atoms with Crippen LogP contribution in [0.25, 0.3) is 0 Å². The third-order valence-corrected chi connectivity index (χ3v) is 8.25. The summed E-state index contributed by atoms with van der Waals surface area (Å²) in [6.07, 6.45) is 4.20. The maximum Gasteiger partial charge on any atom is 0.329 e. The number of carboxylic acids is 1. The number of carbonyl (C=O) groups excluding carboxylic acids is 2. The Balaban J connectivity index is 1.54. The predicted octanol–water partition coefficient (Wildman–Crippen LogP) is 1.80. The van der Waals surface area contributed by atoms with Crippen LogP contribution in [-0.4, -0.2) is 60.9 Å². The Labute approximate surface area is 195 Å². The van der Waals surface area contributed by atoms with Gasteiger partial charge in [0.05, 0.1) is 10.9 Å². The van der Waals surface area contributed by atoms with Gasteiger partial charge in [-0.2, -0.15) is 4.72 Å². The molecule has 3 N–H and O–H groups in total. The molecular formula is C23H33N3O6S. The molecular weight excluding hydrogens is 446 g/mol. The van der Waals surface area contributed by atoms with Crippen molar-refractivity contribution in [2.75, 3.05) is 13.1 Å². The van der Waals surface area contributed by atoms with Gasteiger partial charge in [-0.05, 0) is 51.7 Å². The molecule has 10 heteroatoms. The number of aliphatic carboxylic acids is 1. The highest BCUT2D eigenvalue weighted by Crippen LogP contribution is 2.30. The first-order chi connectivity index (χ1) is 15.5. The van der Waals surface area contributed by atoms with Gasteiger partial charge in [-0.1, -0.05) is 37.0 Å². The van der Waals surface area contributed by atoms with Crippen LogP contribution in [0.4, 0.5) is 0 Å². The molecule has 182 valence electrons. The standard InChI is InChI=1S/C23H33N3O6S/c1-16-6-8-19(9-7-16)33(31,32)25-17(2)21(28)26-14-10-18(11-15-26)20(27)24-23(22(29)30)12-4-3-5-13-23/h6-9,17-18,25H,3-5,10-15H2,1-2H3,(H,24,27)(H,29,30)/t17-/m0/s1. The molecule has 2 fully saturated rings. The average molecular weight is 480 g/mol. The van der Waals surface area contributed by atoms with Crippen LogP contribution in [0.15, 0.2) is 29.2 Å². The molecule has 9 nitrogen and oxygen atoms in total. The van der Waals surface area contributed by atoms with Crippen LogP contribution in [0.2, 0.25) is 0 Å². The number of nitrogens with zero attached hydrogens (tertiary/aromatic N) is 1. The number of hydrogen-bond acceptors (Lipinski definition) is 5. The predicted molar refractivity (Wildman–Crippen MR) is 122 cm³/mol. The Hall–Kier alpha value is -2.46.